The second kappa shape index (κ2) is 12.4. The summed E-state index contributed by atoms with van der Waals surface area (Å²) in [5.74, 6) is 3.77. The summed E-state index contributed by atoms with van der Waals surface area (Å²) in [6.45, 7) is 3.72. The summed E-state index contributed by atoms with van der Waals surface area (Å²) in [4.78, 5) is 32.2. The highest BCUT2D eigenvalue weighted by atomic mass is 79.9. The van der Waals surface area contributed by atoms with Gasteiger partial charge in [-0.05, 0) is 55.3 Å². The normalized spacial score (nSPS) is 14.6. The Kier molecular flexibility index (Phi) is 9.02. The predicted molar refractivity (Wildman–Crippen MR) is 155 cm³/mol. The number of fused-ring (bicyclic) bond motifs is 1. The Balaban J connectivity index is 1.94. The van der Waals surface area contributed by atoms with Gasteiger partial charge in [0.25, 0.3) is 5.56 Å². The number of esters is 1. The number of rotatable bonds is 9. The fourth-order valence-corrected chi connectivity index (χ4v) is 5.92. The first kappa shape index (κ1) is 29.0. The number of thiazole rings is 1. The molecular weight excluding hydrogens is 600 g/mol. The van der Waals surface area contributed by atoms with Gasteiger partial charge in [0, 0.05) is 4.47 Å². The lowest BCUT2D eigenvalue weighted by atomic mass is 9.95. The smallest absolute Gasteiger partial charge is 0.338 e. The summed E-state index contributed by atoms with van der Waals surface area (Å²) in [6, 6.07) is 7.92. The van der Waals surface area contributed by atoms with Crippen LogP contribution < -0.4 is 33.8 Å². The van der Waals surface area contributed by atoms with Crippen molar-refractivity contribution in [1.82, 2.24) is 4.57 Å². The number of allylic oxidation sites excluding steroid dienone is 1. The number of aromatic nitrogens is 1. The first-order valence-electron chi connectivity index (χ1n) is 12.1. The highest BCUT2D eigenvalue weighted by Gasteiger charge is 2.35. The summed E-state index contributed by atoms with van der Waals surface area (Å²) >= 11 is 4.81. The number of ether oxygens (including phenoxy) is 5. The fourth-order valence-electron chi connectivity index (χ4n) is 4.33. The SMILES string of the molecule is C#CCOc1ccc(/C=c2\sc3n(c2=O)[C@@H](c2cc(OC)c(OC)cc2Br)C(C(=O)OCC)=C(C)N=3)cc1OC. The minimum Gasteiger partial charge on any atom is -0.493 e. The number of nitrogens with zero attached hydrogens (tertiary/aromatic N) is 2. The lowest BCUT2D eigenvalue weighted by molar-refractivity contribution is -0.139. The van der Waals surface area contributed by atoms with Crippen LogP contribution in [-0.4, -0.2) is 45.1 Å². The fraction of sp³-hybridized carbons (Fsp3) is 0.276. The van der Waals surface area contributed by atoms with Crippen LogP contribution in [0.25, 0.3) is 6.08 Å². The maximum absolute atomic E-state index is 13.9. The van der Waals surface area contributed by atoms with Crippen molar-refractivity contribution in [2.75, 3.05) is 34.5 Å². The highest BCUT2D eigenvalue weighted by molar-refractivity contribution is 9.10. The summed E-state index contributed by atoms with van der Waals surface area (Å²) in [5.41, 5.74) is 1.70. The van der Waals surface area contributed by atoms with E-state index in [1.54, 1.807) is 50.3 Å². The molecule has 0 unspecified atom stereocenters. The maximum Gasteiger partial charge on any atom is 0.338 e. The number of hydrogen-bond donors (Lipinski definition) is 0. The van der Waals surface area contributed by atoms with Gasteiger partial charge in [-0.15, -0.1) is 6.42 Å². The van der Waals surface area contributed by atoms with Crippen molar-refractivity contribution >= 4 is 39.3 Å². The van der Waals surface area contributed by atoms with Gasteiger partial charge >= 0.3 is 5.97 Å². The van der Waals surface area contributed by atoms with E-state index in [0.29, 0.717) is 53.6 Å². The van der Waals surface area contributed by atoms with Gasteiger partial charge in [0.05, 0.1) is 49.8 Å². The molecule has 11 heteroatoms. The third kappa shape index (κ3) is 5.50. The van der Waals surface area contributed by atoms with Gasteiger partial charge in [-0.25, -0.2) is 9.79 Å². The van der Waals surface area contributed by atoms with Gasteiger partial charge in [-0.2, -0.15) is 0 Å². The van der Waals surface area contributed by atoms with Crippen LogP contribution >= 0.6 is 27.3 Å². The first-order chi connectivity index (χ1) is 19.3. The van der Waals surface area contributed by atoms with Gasteiger partial charge in [0.15, 0.2) is 27.8 Å². The van der Waals surface area contributed by atoms with Crippen LogP contribution in [0.1, 0.15) is 31.0 Å². The van der Waals surface area contributed by atoms with Gasteiger partial charge in [0.1, 0.15) is 6.61 Å². The Labute approximate surface area is 243 Å². The molecule has 0 saturated carbocycles. The molecule has 0 fully saturated rings. The van der Waals surface area contributed by atoms with E-state index in [4.69, 9.17) is 30.1 Å². The molecule has 0 N–H and O–H groups in total. The molecule has 208 valence electrons. The standard InChI is InChI=1S/C29H27BrN2O7S/c1-7-11-39-20-10-9-17(12-21(20)35-4)13-24-27(33)32-26(18-14-22(36-5)23(37-6)15-19(18)30)25(28(34)38-8-2)16(3)31-29(32)40-24/h1,9-10,12-15,26H,8,11H2,2-6H3/b24-13-/t26-/m0/s1. The predicted octanol–water partition coefficient (Wildman–Crippen LogP) is 3.60. The Morgan fingerprint density at radius 3 is 2.45 bits per heavy atom. The topological polar surface area (TPSA) is 97.6 Å². The van der Waals surface area contributed by atoms with Crippen LogP contribution in [0.15, 0.2) is 55.9 Å². The third-order valence-electron chi connectivity index (χ3n) is 6.11. The van der Waals surface area contributed by atoms with E-state index in [1.807, 2.05) is 0 Å². The van der Waals surface area contributed by atoms with Gasteiger partial charge in [0.2, 0.25) is 0 Å². The van der Waals surface area contributed by atoms with Crippen LogP contribution in [0.5, 0.6) is 23.0 Å². The number of carbonyl (C=O) groups is 1. The molecule has 40 heavy (non-hydrogen) atoms. The van der Waals surface area contributed by atoms with Crippen molar-refractivity contribution in [3.8, 4) is 35.3 Å². The minimum atomic E-state index is -0.833. The Morgan fingerprint density at radius 2 is 1.80 bits per heavy atom. The molecular formula is C29H27BrN2O7S. The van der Waals surface area contributed by atoms with Crippen molar-refractivity contribution in [2.24, 2.45) is 4.99 Å². The largest absolute Gasteiger partial charge is 0.493 e. The van der Waals surface area contributed by atoms with Crippen LogP contribution in [0.3, 0.4) is 0 Å². The van der Waals surface area contributed by atoms with Crippen molar-refractivity contribution in [3.05, 3.63) is 76.9 Å². The van der Waals surface area contributed by atoms with E-state index in [9.17, 15) is 9.59 Å². The highest BCUT2D eigenvalue weighted by Crippen LogP contribution is 2.40. The van der Waals surface area contributed by atoms with Gasteiger partial charge in [-0.3, -0.25) is 9.36 Å². The average Bonchev–Trinajstić information content (AvgIpc) is 3.25. The molecule has 0 saturated heterocycles. The zero-order valence-electron chi connectivity index (χ0n) is 22.6. The molecule has 0 amide bonds. The molecule has 1 aliphatic heterocycles. The van der Waals surface area contributed by atoms with Crippen molar-refractivity contribution in [1.29, 1.82) is 0 Å². The molecule has 1 aliphatic rings. The van der Waals surface area contributed by atoms with E-state index in [0.717, 1.165) is 0 Å². The summed E-state index contributed by atoms with van der Waals surface area (Å²) in [5, 5.41) is 0. The number of terminal acetylenes is 1. The molecule has 0 spiro atoms. The Hall–Kier alpha value is -4.01. The van der Waals surface area contributed by atoms with Crippen LogP contribution in [0.4, 0.5) is 0 Å². The van der Waals surface area contributed by atoms with E-state index in [2.05, 4.69) is 26.8 Å². The lowest BCUT2D eigenvalue weighted by Crippen LogP contribution is -2.40. The minimum absolute atomic E-state index is 0.0994. The second-order valence-electron chi connectivity index (χ2n) is 8.43. The van der Waals surface area contributed by atoms with Gasteiger partial charge < -0.3 is 23.7 Å². The van der Waals surface area contributed by atoms with Crippen molar-refractivity contribution in [2.45, 2.75) is 19.9 Å². The van der Waals surface area contributed by atoms with E-state index >= 15 is 0 Å². The molecule has 3 aromatic rings. The number of carbonyl (C=O) groups excluding carboxylic acids is 1. The summed E-state index contributed by atoms with van der Waals surface area (Å²) in [7, 11) is 4.58. The first-order valence-corrected chi connectivity index (χ1v) is 13.7. The molecule has 2 heterocycles. The molecule has 0 radical (unpaired) electrons. The molecule has 0 bridgehead atoms. The number of methoxy groups -OCH3 is 3. The summed E-state index contributed by atoms with van der Waals surface area (Å²) in [6.07, 6.45) is 7.04. The monoisotopic (exact) mass is 626 g/mol. The molecule has 1 atom stereocenters. The number of hydrogen-bond acceptors (Lipinski definition) is 9. The maximum atomic E-state index is 13.9. The average molecular weight is 628 g/mol. The molecule has 0 aliphatic carbocycles. The van der Waals surface area contributed by atoms with Crippen LogP contribution in [0, 0.1) is 12.3 Å². The Morgan fingerprint density at radius 1 is 1.12 bits per heavy atom. The molecule has 1 aromatic heterocycles. The van der Waals surface area contributed by atoms with Crippen molar-refractivity contribution < 1.29 is 28.5 Å². The molecule has 4 rings (SSSR count). The molecule has 2 aromatic carbocycles. The number of halogens is 1. The zero-order chi connectivity index (χ0) is 29.0. The second-order valence-corrected chi connectivity index (χ2v) is 10.3. The zero-order valence-corrected chi connectivity index (χ0v) is 25.0. The van der Waals surface area contributed by atoms with Gasteiger partial charge in [-0.1, -0.05) is 39.3 Å². The van der Waals surface area contributed by atoms with Crippen LogP contribution in [0.2, 0.25) is 0 Å². The lowest BCUT2D eigenvalue weighted by Gasteiger charge is -2.26. The Bertz CT molecular complexity index is 1720. The summed E-state index contributed by atoms with van der Waals surface area (Å²) < 4.78 is 29.8. The quantitative estimate of drug-likeness (QED) is 0.264. The van der Waals surface area contributed by atoms with Crippen LogP contribution in [-0.2, 0) is 9.53 Å². The third-order valence-corrected chi connectivity index (χ3v) is 7.78. The molecule has 9 nitrogen and oxygen atoms in total. The number of benzene rings is 2. The van der Waals surface area contributed by atoms with E-state index < -0.39 is 12.0 Å². The van der Waals surface area contributed by atoms with E-state index in [-0.39, 0.29) is 24.3 Å². The van der Waals surface area contributed by atoms with E-state index in [1.165, 1.54) is 37.2 Å². The van der Waals surface area contributed by atoms with Crippen molar-refractivity contribution in [3.63, 3.8) is 0 Å².